The van der Waals surface area contributed by atoms with Gasteiger partial charge in [-0.15, -0.1) is 11.8 Å². The molecule has 1 aromatic carbocycles. The van der Waals surface area contributed by atoms with Crippen molar-refractivity contribution in [2.45, 2.75) is 36.1 Å². The topological polar surface area (TPSA) is 38.4 Å². The summed E-state index contributed by atoms with van der Waals surface area (Å²) in [6, 6.07) is 3.62. The van der Waals surface area contributed by atoms with Gasteiger partial charge in [0.2, 0.25) is 0 Å². The maximum atomic E-state index is 12.6. The van der Waals surface area contributed by atoms with Crippen LogP contribution in [0, 0.1) is 0 Å². The Labute approximate surface area is 107 Å². The number of amidine groups is 1. The van der Waals surface area contributed by atoms with E-state index >= 15 is 0 Å². The Morgan fingerprint density at radius 3 is 2.72 bits per heavy atom. The molecule has 0 saturated carbocycles. The molecule has 1 aromatic rings. The minimum Gasteiger partial charge on any atom is -0.386 e. The molecule has 0 amide bonds. The van der Waals surface area contributed by atoms with Gasteiger partial charge in [0, 0.05) is 4.90 Å². The van der Waals surface area contributed by atoms with Crippen molar-refractivity contribution < 1.29 is 13.2 Å². The van der Waals surface area contributed by atoms with Crippen LogP contribution >= 0.6 is 11.8 Å². The van der Waals surface area contributed by atoms with E-state index in [2.05, 4.69) is 4.99 Å². The predicted molar refractivity (Wildman–Crippen MR) is 67.3 cm³/mol. The minimum atomic E-state index is -4.34. The number of nitrogens with two attached hydrogens (primary N) is 1. The number of benzene rings is 1. The molecule has 1 atom stereocenters. The van der Waals surface area contributed by atoms with Crippen LogP contribution in [0.15, 0.2) is 28.1 Å². The van der Waals surface area contributed by atoms with Gasteiger partial charge in [-0.25, -0.2) is 4.99 Å². The van der Waals surface area contributed by atoms with Gasteiger partial charge in [0.15, 0.2) is 0 Å². The van der Waals surface area contributed by atoms with Crippen molar-refractivity contribution in [1.82, 2.24) is 0 Å². The molecule has 1 aliphatic heterocycles. The first-order valence-corrected chi connectivity index (χ1v) is 6.51. The molecule has 0 aliphatic carbocycles. The highest BCUT2D eigenvalue weighted by atomic mass is 32.2. The first kappa shape index (κ1) is 13.3. The largest absolute Gasteiger partial charge is 0.416 e. The maximum Gasteiger partial charge on any atom is 0.416 e. The van der Waals surface area contributed by atoms with E-state index in [9.17, 15) is 13.2 Å². The molecule has 1 aliphatic rings. The van der Waals surface area contributed by atoms with E-state index in [1.807, 2.05) is 6.92 Å². The number of alkyl halides is 3. The van der Waals surface area contributed by atoms with E-state index < -0.39 is 11.7 Å². The second-order valence-electron chi connectivity index (χ2n) is 4.11. The second-order valence-corrected chi connectivity index (χ2v) is 5.36. The molecule has 18 heavy (non-hydrogen) atoms. The lowest BCUT2D eigenvalue weighted by Gasteiger charge is -2.22. The molecule has 98 valence electrons. The predicted octanol–water partition coefficient (Wildman–Crippen LogP) is 3.97. The first-order chi connectivity index (χ1) is 8.41. The van der Waals surface area contributed by atoms with Gasteiger partial charge in [0.05, 0.1) is 16.5 Å². The molecular formula is C12H13F3N2S. The Hall–Kier alpha value is -1.17. The van der Waals surface area contributed by atoms with Crippen LogP contribution in [0.5, 0.6) is 0 Å². The van der Waals surface area contributed by atoms with E-state index in [4.69, 9.17) is 5.73 Å². The summed E-state index contributed by atoms with van der Waals surface area (Å²) in [5.74, 6) is 0.411. The van der Waals surface area contributed by atoms with Gasteiger partial charge in [0.1, 0.15) is 5.84 Å². The normalized spacial score (nSPS) is 19.3. The van der Waals surface area contributed by atoms with Gasteiger partial charge in [-0.05, 0) is 24.6 Å². The minimum absolute atomic E-state index is 0.0687. The van der Waals surface area contributed by atoms with Crippen LogP contribution in [0.25, 0.3) is 0 Å². The van der Waals surface area contributed by atoms with Crippen molar-refractivity contribution in [1.29, 1.82) is 0 Å². The number of aliphatic imine (C=N–C) groups is 1. The quantitative estimate of drug-likeness (QED) is 0.886. The van der Waals surface area contributed by atoms with Crippen molar-refractivity contribution in [3.05, 3.63) is 23.8 Å². The summed E-state index contributed by atoms with van der Waals surface area (Å²) in [6.07, 6.45) is -2.51. The molecule has 2 nitrogen and oxygen atoms in total. The molecule has 0 spiro atoms. The fourth-order valence-electron chi connectivity index (χ4n) is 1.77. The Morgan fingerprint density at radius 1 is 1.39 bits per heavy atom. The number of rotatable bonds is 2. The zero-order chi connectivity index (χ0) is 13.3. The van der Waals surface area contributed by atoms with Gasteiger partial charge >= 0.3 is 6.18 Å². The summed E-state index contributed by atoms with van der Waals surface area (Å²) in [7, 11) is 0. The van der Waals surface area contributed by atoms with Crippen LogP contribution < -0.4 is 5.73 Å². The monoisotopic (exact) mass is 274 g/mol. The number of hydrogen-bond donors (Lipinski definition) is 1. The van der Waals surface area contributed by atoms with Gasteiger partial charge in [0.25, 0.3) is 0 Å². The van der Waals surface area contributed by atoms with Crippen LogP contribution in [-0.4, -0.2) is 11.1 Å². The molecule has 0 radical (unpaired) electrons. The van der Waals surface area contributed by atoms with Crippen LogP contribution in [0.2, 0.25) is 0 Å². The summed E-state index contributed by atoms with van der Waals surface area (Å²) in [5.41, 5.74) is 5.42. The Morgan fingerprint density at radius 2 is 2.11 bits per heavy atom. The SMILES string of the molecule is CCCC1Sc2ccc(C(F)(F)F)cc2N=C1N. The van der Waals surface area contributed by atoms with Crippen molar-refractivity contribution in [2.24, 2.45) is 10.7 Å². The standard InChI is InChI=1S/C12H13F3N2S/c1-2-3-10-11(16)17-8-6-7(12(13,14)15)4-5-9(8)18-10/h4-6,10H,2-3H2,1H3,(H2,16,17). The Bertz CT molecular complexity index is 483. The van der Waals surface area contributed by atoms with Crippen LogP contribution in [0.1, 0.15) is 25.3 Å². The Kier molecular flexibility index (Phi) is 3.56. The molecule has 1 heterocycles. The maximum absolute atomic E-state index is 12.6. The Balaban J connectivity index is 2.35. The van der Waals surface area contributed by atoms with Gasteiger partial charge in [-0.3, -0.25) is 0 Å². The molecule has 6 heteroatoms. The molecule has 1 unspecified atom stereocenters. The molecular weight excluding hydrogens is 261 g/mol. The number of nitrogens with zero attached hydrogens (tertiary/aromatic N) is 1. The van der Waals surface area contributed by atoms with E-state index in [0.29, 0.717) is 11.5 Å². The summed E-state index contributed by atoms with van der Waals surface area (Å²) < 4.78 is 37.7. The summed E-state index contributed by atoms with van der Waals surface area (Å²) in [6.45, 7) is 2.04. The third kappa shape index (κ3) is 2.63. The van der Waals surface area contributed by atoms with Crippen molar-refractivity contribution in [2.75, 3.05) is 0 Å². The molecule has 2 rings (SSSR count). The van der Waals surface area contributed by atoms with Gasteiger partial charge in [-0.1, -0.05) is 13.3 Å². The third-order valence-electron chi connectivity index (χ3n) is 2.69. The van der Waals surface area contributed by atoms with Crippen LogP contribution in [0.3, 0.4) is 0 Å². The van der Waals surface area contributed by atoms with Crippen molar-refractivity contribution in [3.63, 3.8) is 0 Å². The van der Waals surface area contributed by atoms with Crippen molar-refractivity contribution in [3.8, 4) is 0 Å². The highest BCUT2D eigenvalue weighted by Crippen LogP contribution is 2.41. The summed E-state index contributed by atoms with van der Waals surface area (Å²) in [4.78, 5) is 4.85. The lowest BCUT2D eigenvalue weighted by molar-refractivity contribution is -0.137. The fraction of sp³-hybridized carbons (Fsp3) is 0.417. The van der Waals surface area contributed by atoms with Crippen LogP contribution in [0.4, 0.5) is 18.9 Å². The smallest absolute Gasteiger partial charge is 0.386 e. The first-order valence-electron chi connectivity index (χ1n) is 5.63. The van der Waals surface area contributed by atoms with Crippen LogP contribution in [-0.2, 0) is 6.18 Å². The number of halogens is 3. The van der Waals surface area contributed by atoms with Crippen molar-refractivity contribution >= 4 is 23.3 Å². The third-order valence-corrected chi connectivity index (χ3v) is 4.05. The molecule has 2 N–H and O–H groups in total. The fourth-order valence-corrected chi connectivity index (χ4v) is 2.98. The number of hydrogen-bond acceptors (Lipinski definition) is 3. The lowest BCUT2D eigenvalue weighted by atomic mass is 10.2. The zero-order valence-corrected chi connectivity index (χ0v) is 10.6. The van der Waals surface area contributed by atoms with E-state index in [-0.39, 0.29) is 5.25 Å². The van der Waals surface area contributed by atoms with E-state index in [1.165, 1.54) is 17.8 Å². The molecule has 0 aromatic heterocycles. The lowest BCUT2D eigenvalue weighted by Crippen LogP contribution is -2.27. The molecule has 0 bridgehead atoms. The molecule has 0 fully saturated rings. The average molecular weight is 274 g/mol. The average Bonchev–Trinajstić information content (AvgIpc) is 2.28. The zero-order valence-electron chi connectivity index (χ0n) is 9.79. The van der Waals surface area contributed by atoms with E-state index in [1.54, 1.807) is 0 Å². The van der Waals surface area contributed by atoms with E-state index in [0.717, 1.165) is 29.9 Å². The number of thioether (sulfide) groups is 1. The van der Waals surface area contributed by atoms with Gasteiger partial charge in [-0.2, -0.15) is 13.2 Å². The molecule has 0 saturated heterocycles. The highest BCUT2D eigenvalue weighted by Gasteiger charge is 2.32. The summed E-state index contributed by atoms with van der Waals surface area (Å²) in [5, 5.41) is 0.0687. The second kappa shape index (κ2) is 4.84. The van der Waals surface area contributed by atoms with Gasteiger partial charge < -0.3 is 5.73 Å². The highest BCUT2D eigenvalue weighted by molar-refractivity contribution is 8.00. The summed E-state index contributed by atoms with van der Waals surface area (Å²) >= 11 is 1.49. The number of fused-ring (bicyclic) bond motifs is 1.